The number of amides is 1. The molecule has 1 amide bonds. The Kier molecular flexibility index (Phi) is 5.90. The molecule has 144 valence electrons. The number of carbonyl (C=O) groups excluding carboxylic acids is 1. The van der Waals surface area contributed by atoms with Crippen molar-refractivity contribution in [1.82, 2.24) is 15.5 Å². The Bertz CT molecular complexity index is 467. The third-order valence-corrected chi connectivity index (χ3v) is 5.60. The Morgan fingerprint density at radius 3 is 2.44 bits per heavy atom. The number of nitrogens with one attached hydrogen (secondary N) is 2. The molecular weight excluding hydrogens is 335 g/mol. The standard InChI is InChI=1S/C17H28F3N3O2/c1-11-5-6-13(25-11)16(24)21-12-7-9-23(10-8-12)15-4-2-3-14(22-15)17(18,19)20/h11-15,22H,2-10H2,1H3,(H,21,24). The molecule has 0 spiro atoms. The largest absolute Gasteiger partial charge is 0.403 e. The first-order valence-electron chi connectivity index (χ1n) is 9.35. The summed E-state index contributed by atoms with van der Waals surface area (Å²) < 4.78 is 44.4. The second-order valence-electron chi connectivity index (χ2n) is 7.54. The van der Waals surface area contributed by atoms with Crippen LogP contribution in [0.4, 0.5) is 13.2 Å². The van der Waals surface area contributed by atoms with Crippen molar-refractivity contribution in [1.29, 1.82) is 0 Å². The van der Waals surface area contributed by atoms with Crippen LogP contribution in [0.3, 0.4) is 0 Å². The molecule has 5 nitrogen and oxygen atoms in total. The van der Waals surface area contributed by atoms with Crippen molar-refractivity contribution in [3.8, 4) is 0 Å². The summed E-state index contributed by atoms with van der Waals surface area (Å²) >= 11 is 0. The Labute approximate surface area is 146 Å². The highest BCUT2D eigenvalue weighted by Gasteiger charge is 2.43. The first-order chi connectivity index (χ1) is 11.8. The topological polar surface area (TPSA) is 53.6 Å². The van der Waals surface area contributed by atoms with Crippen LogP contribution >= 0.6 is 0 Å². The summed E-state index contributed by atoms with van der Waals surface area (Å²) in [4.78, 5) is 14.3. The molecule has 0 aromatic carbocycles. The molecule has 0 saturated carbocycles. The summed E-state index contributed by atoms with van der Waals surface area (Å²) in [6, 6.07) is -1.31. The number of rotatable bonds is 3. The lowest BCUT2D eigenvalue weighted by molar-refractivity contribution is -0.168. The van der Waals surface area contributed by atoms with E-state index in [4.69, 9.17) is 4.74 Å². The van der Waals surface area contributed by atoms with Crippen LogP contribution in [0, 0.1) is 0 Å². The van der Waals surface area contributed by atoms with Gasteiger partial charge in [0.25, 0.3) is 0 Å². The Balaban J connectivity index is 1.43. The number of alkyl halides is 3. The molecule has 4 atom stereocenters. The van der Waals surface area contributed by atoms with Crippen molar-refractivity contribution in [3.05, 3.63) is 0 Å². The van der Waals surface area contributed by atoms with Gasteiger partial charge in [-0.25, -0.2) is 0 Å². The van der Waals surface area contributed by atoms with Gasteiger partial charge in [-0.05, 0) is 51.9 Å². The molecule has 2 N–H and O–H groups in total. The van der Waals surface area contributed by atoms with E-state index in [0.717, 1.165) is 32.1 Å². The van der Waals surface area contributed by atoms with Crippen LogP contribution in [-0.2, 0) is 9.53 Å². The number of piperidine rings is 2. The minimum atomic E-state index is -4.18. The minimum absolute atomic E-state index is 0.0456. The zero-order chi connectivity index (χ0) is 18.0. The van der Waals surface area contributed by atoms with Gasteiger partial charge in [-0.2, -0.15) is 13.2 Å². The summed E-state index contributed by atoms with van der Waals surface area (Å²) in [5, 5.41) is 5.81. The van der Waals surface area contributed by atoms with Gasteiger partial charge in [0.05, 0.1) is 12.3 Å². The first kappa shape index (κ1) is 18.9. The minimum Gasteiger partial charge on any atom is -0.365 e. The molecule has 3 rings (SSSR count). The van der Waals surface area contributed by atoms with Crippen LogP contribution in [-0.4, -0.2) is 60.5 Å². The molecule has 0 aliphatic carbocycles. The average molecular weight is 363 g/mol. The molecule has 8 heteroatoms. The van der Waals surface area contributed by atoms with E-state index >= 15 is 0 Å². The highest BCUT2D eigenvalue weighted by molar-refractivity contribution is 5.81. The SMILES string of the molecule is CC1CCC(C(=O)NC2CCN(C3CCCC(C(F)(F)F)N3)CC2)O1. The lowest BCUT2D eigenvalue weighted by Crippen LogP contribution is -2.59. The number of hydrogen-bond acceptors (Lipinski definition) is 4. The van der Waals surface area contributed by atoms with Gasteiger partial charge in [-0.3, -0.25) is 15.0 Å². The van der Waals surface area contributed by atoms with Crippen LogP contribution in [0.1, 0.15) is 51.9 Å². The monoisotopic (exact) mass is 363 g/mol. The van der Waals surface area contributed by atoms with E-state index < -0.39 is 12.2 Å². The van der Waals surface area contributed by atoms with Crippen LogP contribution in [0.2, 0.25) is 0 Å². The van der Waals surface area contributed by atoms with Crippen molar-refractivity contribution in [2.75, 3.05) is 13.1 Å². The van der Waals surface area contributed by atoms with E-state index in [1.165, 1.54) is 0 Å². The number of likely N-dealkylation sites (tertiary alicyclic amines) is 1. The molecular formula is C17H28F3N3O2. The maximum Gasteiger partial charge on any atom is 0.403 e. The Morgan fingerprint density at radius 2 is 1.84 bits per heavy atom. The van der Waals surface area contributed by atoms with Crippen LogP contribution in [0.15, 0.2) is 0 Å². The molecule has 3 saturated heterocycles. The Morgan fingerprint density at radius 1 is 1.12 bits per heavy atom. The van der Waals surface area contributed by atoms with Gasteiger partial charge in [0.15, 0.2) is 0 Å². The Hall–Kier alpha value is -0.860. The van der Waals surface area contributed by atoms with Gasteiger partial charge >= 0.3 is 6.18 Å². The summed E-state index contributed by atoms with van der Waals surface area (Å²) in [5.74, 6) is -0.0456. The summed E-state index contributed by atoms with van der Waals surface area (Å²) in [6.07, 6.45) is 0.100. The van der Waals surface area contributed by atoms with Crippen molar-refractivity contribution in [3.63, 3.8) is 0 Å². The predicted molar refractivity (Wildman–Crippen MR) is 86.9 cm³/mol. The van der Waals surface area contributed by atoms with Crippen molar-refractivity contribution in [2.24, 2.45) is 0 Å². The lowest BCUT2D eigenvalue weighted by atomic mass is 9.98. The molecule has 0 aromatic heterocycles. The van der Waals surface area contributed by atoms with E-state index in [1.54, 1.807) is 0 Å². The number of nitrogens with zero attached hydrogens (tertiary/aromatic N) is 1. The van der Waals surface area contributed by atoms with E-state index in [0.29, 0.717) is 19.5 Å². The van der Waals surface area contributed by atoms with Gasteiger partial charge in [0.2, 0.25) is 5.91 Å². The van der Waals surface area contributed by atoms with Crippen LogP contribution in [0.5, 0.6) is 0 Å². The normalized spacial score (nSPS) is 35.7. The van der Waals surface area contributed by atoms with Crippen molar-refractivity contribution >= 4 is 5.91 Å². The zero-order valence-electron chi connectivity index (χ0n) is 14.6. The predicted octanol–water partition coefficient (Wildman–Crippen LogP) is 2.16. The molecule has 0 aromatic rings. The molecule has 0 radical (unpaired) electrons. The average Bonchev–Trinajstić information content (AvgIpc) is 3.01. The fourth-order valence-corrected chi connectivity index (χ4v) is 4.11. The second-order valence-corrected chi connectivity index (χ2v) is 7.54. The second kappa shape index (κ2) is 7.80. The molecule has 25 heavy (non-hydrogen) atoms. The maximum atomic E-state index is 12.9. The quantitative estimate of drug-likeness (QED) is 0.807. The summed E-state index contributed by atoms with van der Waals surface area (Å²) in [5.41, 5.74) is 0. The number of hydrogen-bond donors (Lipinski definition) is 2. The molecule has 3 aliphatic heterocycles. The molecule has 3 aliphatic rings. The third kappa shape index (κ3) is 4.86. The molecule has 3 fully saturated rings. The van der Waals surface area contributed by atoms with E-state index in [2.05, 4.69) is 15.5 Å². The summed E-state index contributed by atoms with van der Waals surface area (Å²) in [6.45, 7) is 3.38. The van der Waals surface area contributed by atoms with Gasteiger partial charge < -0.3 is 10.1 Å². The van der Waals surface area contributed by atoms with Crippen LogP contribution in [0.25, 0.3) is 0 Å². The molecule has 0 bridgehead atoms. The number of halogens is 3. The lowest BCUT2D eigenvalue weighted by Gasteiger charge is -2.42. The highest BCUT2D eigenvalue weighted by atomic mass is 19.4. The fraction of sp³-hybridized carbons (Fsp3) is 0.941. The summed E-state index contributed by atoms with van der Waals surface area (Å²) in [7, 11) is 0. The molecule has 4 unspecified atom stereocenters. The van der Waals surface area contributed by atoms with Crippen LogP contribution < -0.4 is 10.6 Å². The zero-order valence-corrected chi connectivity index (χ0v) is 14.6. The van der Waals surface area contributed by atoms with Crippen molar-refractivity contribution in [2.45, 2.75) is 88.5 Å². The third-order valence-electron chi connectivity index (χ3n) is 5.60. The van der Waals surface area contributed by atoms with E-state index in [1.807, 2.05) is 6.92 Å². The number of carbonyl (C=O) groups is 1. The number of ether oxygens (including phenoxy) is 1. The fourth-order valence-electron chi connectivity index (χ4n) is 4.11. The van der Waals surface area contributed by atoms with Gasteiger partial charge in [0, 0.05) is 19.1 Å². The van der Waals surface area contributed by atoms with Crippen molar-refractivity contribution < 1.29 is 22.7 Å². The smallest absolute Gasteiger partial charge is 0.365 e. The molecule has 3 heterocycles. The van der Waals surface area contributed by atoms with Gasteiger partial charge in [-0.15, -0.1) is 0 Å². The first-order valence-corrected chi connectivity index (χ1v) is 9.35. The van der Waals surface area contributed by atoms with Gasteiger partial charge in [-0.1, -0.05) is 0 Å². The van der Waals surface area contributed by atoms with Gasteiger partial charge in [0.1, 0.15) is 12.1 Å². The van der Waals surface area contributed by atoms with E-state index in [9.17, 15) is 18.0 Å². The maximum absolute atomic E-state index is 12.9. The highest BCUT2D eigenvalue weighted by Crippen LogP contribution is 2.29. The van der Waals surface area contributed by atoms with E-state index in [-0.39, 0.29) is 36.7 Å².